The van der Waals surface area contributed by atoms with E-state index in [0.717, 1.165) is 72.2 Å². The lowest BCUT2D eigenvalue weighted by Gasteiger charge is -2.46. The average molecular weight is 1010 g/mol. The fourth-order valence-corrected chi connectivity index (χ4v) is 11.1. The molecule has 0 atom stereocenters. The number of imide groups is 1. The van der Waals surface area contributed by atoms with Crippen LogP contribution in [0.25, 0.3) is 16.6 Å². The number of likely N-dealkylation sites (tertiary alicyclic amines) is 1. The minimum absolute atomic E-state index is 0.0439. The Hall–Kier alpha value is -7.30. The maximum absolute atomic E-state index is 14.9. The minimum Gasteiger partial charge on any atom is -0.492 e. The number of carbonyl (C=O) groups is 5. The number of piperazine rings is 1. The highest BCUT2D eigenvalue weighted by atomic mass is 19.1. The van der Waals surface area contributed by atoms with Crippen molar-refractivity contribution >= 4 is 41.4 Å². The van der Waals surface area contributed by atoms with Crippen LogP contribution >= 0.6 is 0 Å². The number of ether oxygens (including phenoxy) is 1. The van der Waals surface area contributed by atoms with Crippen molar-refractivity contribution in [1.29, 1.82) is 5.26 Å². The molecule has 0 bridgehead atoms. The summed E-state index contributed by atoms with van der Waals surface area (Å²) in [6.45, 7) is 12.8. The lowest BCUT2D eigenvalue weighted by Crippen LogP contribution is -2.62. The van der Waals surface area contributed by atoms with Crippen molar-refractivity contribution in [3.05, 3.63) is 113 Å². The molecule has 0 radical (unpaired) electrons. The number of nitriles is 1. The zero-order valence-electron chi connectivity index (χ0n) is 42.2. The van der Waals surface area contributed by atoms with Crippen molar-refractivity contribution in [3.8, 4) is 22.9 Å². The molecule has 0 unspecified atom stereocenters. The molecule has 5 amide bonds. The predicted octanol–water partition coefficient (Wildman–Crippen LogP) is 5.91. The molecule has 0 spiro atoms. The summed E-state index contributed by atoms with van der Waals surface area (Å²) >= 11 is 0. The van der Waals surface area contributed by atoms with Gasteiger partial charge in [0.25, 0.3) is 11.8 Å². The van der Waals surface area contributed by atoms with E-state index in [0.29, 0.717) is 126 Å². The molecule has 2 aromatic carbocycles. The predicted molar refractivity (Wildman–Crippen MR) is 272 cm³/mol. The number of fused-ring (bicyclic) bond motifs is 2. The molecular weight excluding hydrogens is 949 g/mol. The molecule has 0 aliphatic carbocycles. The zero-order valence-corrected chi connectivity index (χ0v) is 42.2. The normalized spacial score (nSPS) is 17.5. The summed E-state index contributed by atoms with van der Waals surface area (Å²) in [7, 11) is 0. The first-order chi connectivity index (χ1) is 35.7. The van der Waals surface area contributed by atoms with Crippen LogP contribution in [0.5, 0.6) is 5.75 Å². The Morgan fingerprint density at radius 1 is 0.919 bits per heavy atom. The molecule has 3 aromatic heterocycles. The van der Waals surface area contributed by atoms with Gasteiger partial charge in [-0.3, -0.25) is 34.2 Å². The van der Waals surface area contributed by atoms with Crippen molar-refractivity contribution in [2.24, 2.45) is 0 Å². The number of hydrogen-bond acceptors (Lipinski definition) is 12. The molecule has 2 N–H and O–H groups in total. The zero-order chi connectivity index (χ0) is 52.1. The number of piperidine rings is 2. The average Bonchev–Trinajstić information content (AvgIpc) is 3.99. The fraction of sp³-hybridized carbons (Fsp3) is 0.455. The van der Waals surface area contributed by atoms with E-state index in [1.54, 1.807) is 16.9 Å². The molecule has 4 aliphatic heterocycles. The van der Waals surface area contributed by atoms with E-state index in [4.69, 9.17) is 9.72 Å². The van der Waals surface area contributed by atoms with Gasteiger partial charge in [0, 0.05) is 100 Å². The van der Waals surface area contributed by atoms with Gasteiger partial charge in [0.05, 0.1) is 41.2 Å². The Bertz CT molecular complexity index is 2950. The molecule has 0 saturated carbocycles. The van der Waals surface area contributed by atoms with E-state index >= 15 is 0 Å². The number of aromatic nitrogens is 3. The number of anilines is 1. The largest absolute Gasteiger partial charge is 0.492 e. The first-order valence-corrected chi connectivity index (χ1v) is 25.6. The molecule has 19 heteroatoms. The van der Waals surface area contributed by atoms with Crippen LogP contribution in [0.15, 0.2) is 73.2 Å². The Balaban J connectivity index is 0.776. The standard InChI is InChI=1S/C55H63F2N11O6/c1-4-74-43-29-44(51-41(30-58)32-61-68(51)34-43)39-7-10-48(59-31-39)65-21-16-55(17-22-65,62-52(72)46-28-42(56)8-9-47(46)57)35-64-23-25-66(26-24-64)50(71)14-20-63-18-12-37(13-19-63)38-5-6-40-33-67(53(73)45(40)27-38)54(2,3)15-11-49(70)60-36-69/h5-10,27-29,31-32,34,36-37H,4,11-26,33,35H2,1-3H3,(H,62,72)(H,60,69,70). The molecule has 4 aliphatic rings. The van der Waals surface area contributed by atoms with Crippen LogP contribution in [0.1, 0.15) is 109 Å². The van der Waals surface area contributed by atoms with Gasteiger partial charge in [0.15, 0.2) is 0 Å². The second-order valence-electron chi connectivity index (χ2n) is 20.6. The van der Waals surface area contributed by atoms with Crippen LogP contribution in [0.2, 0.25) is 0 Å². The topological polar surface area (TPSA) is 189 Å². The molecule has 5 aromatic rings. The molecule has 9 rings (SSSR count). The van der Waals surface area contributed by atoms with E-state index in [2.05, 4.69) is 42.6 Å². The number of nitrogens with zero attached hydrogens (tertiary/aromatic N) is 9. The first-order valence-electron chi connectivity index (χ1n) is 25.6. The number of amides is 5. The number of rotatable bonds is 17. The molecular formula is C55H63F2N11O6. The summed E-state index contributed by atoms with van der Waals surface area (Å²) in [5.41, 5.74) is 3.74. The number of hydrogen-bond donors (Lipinski definition) is 2. The van der Waals surface area contributed by atoms with Gasteiger partial charge in [-0.2, -0.15) is 10.4 Å². The Morgan fingerprint density at radius 3 is 2.39 bits per heavy atom. The van der Waals surface area contributed by atoms with Gasteiger partial charge < -0.3 is 29.7 Å². The number of benzene rings is 2. The molecule has 3 saturated heterocycles. The lowest BCUT2D eigenvalue weighted by atomic mass is 9.86. The number of carbonyl (C=O) groups excluding carboxylic acids is 5. The monoisotopic (exact) mass is 1010 g/mol. The van der Waals surface area contributed by atoms with E-state index in [9.17, 15) is 38.0 Å². The number of pyridine rings is 2. The van der Waals surface area contributed by atoms with Crippen LogP contribution in [-0.4, -0.2) is 147 Å². The second kappa shape index (κ2) is 22.0. The van der Waals surface area contributed by atoms with Crippen LogP contribution in [0.3, 0.4) is 0 Å². The summed E-state index contributed by atoms with van der Waals surface area (Å²) in [4.78, 5) is 78.9. The van der Waals surface area contributed by atoms with Gasteiger partial charge in [0.2, 0.25) is 18.2 Å². The SMILES string of the molecule is CCOc1cc(-c2ccc(N3CCC(CN4CCN(C(=O)CCN5CCC(c6ccc7c(c6)C(=O)N(C(C)(C)CCC(=O)NC=O)C7)CC5)CC4)(NC(=O)c4cc(F)ccc4F)CC3)nc2)c2c(C#N)cnn2c1. The van der Waals surface area contributed by atoms with E-state index in [1.165, 1.54) is 6.20 Å². The second-order valence-corrected chi connectivity index (χ2v) is 20.6. The van der Waals surface area contributed by atoms with E-state index in [-0.39, 0.29) is 29.7 Å². The van der Waals surface area contributed by atoms with Crippen molar-refractivity contribution in [1.82, 2.24) is 44.8 Å². The van der Waals surface area contributed by atoms with Crippen LogP contribution in [0, 0.1) is 23.0 Å². The highest BCUT2D eigenvalue weighted by Gasteiger charge is 2.41. The van der Waals surface area contributed by atoms with Gasteiger partial charge >= 0.3 is 0 Å². The minimum atomic E-state index is -0.802. The van der Waals surface area contributed by atoms with Gasteiger partial charge in [-0.25, -0.2) is 18.3 Å². The number of nitrogens with one attached hydrogen (secondary N) is 2. The Morgan fingerprint density at radius 2 is 1.69 bits per heavy atom. The maximum Gasteiger partial charge on any atom is 0.254 e. The summed E-state index contributed by atoms with van der Waals surface area (Å²) in [5.74, 6) is -0.860. The Kier molecular flexibility index (Phi) is 15.4. The summed E-state index contributed by atoms with van der Waals surface area (Å²) in [5, 5.41) is 19.5. The summed E-state index contributed by atoms with van der Waals surface area (Å²) in [6.07, 6.45) is 9.21. The van der Waals surface area contributed by atoms with Gasteiger partial charge in [0.1, 0.15) is 29.3 Å². The van der Waals surface area contributed by atoms with Crippen molar-refractivity contribution < 1.29 is 37.5 Å². The highest BCUT2D eigenvalue weighted by Crippen LogP contribution is 2.37. The Labute approximate surface area is 429 Å². The molecule has 7 heterocycles. The van der Waals surface area contributed by atoms with Crippen molar-refractivity contribution in [2.45, 2.75) is 89.3 Å². The van der Waals surface area contributed by atoms with Crippen LogP contribution in [0.4, 0.5) is 14.6 Å². The van der Waals surface area contributed by atoms with E-state index < -0.39 is 28.6 Å². The first kappa shape index (κ1) is 51.6. The molecule has 388 valence electrons. The number of halogens is 2. The van der Waals surface area contributed by atoms with Crippen molar-refractivity contribution in [2.75, 3.05) is 77.0 Å². The summed E-state index contributed by atoms with van der Waals surface area (Å²) in [6, 6.07) is 17.1. The van der Waals surface area contributed by atoms with Crippen LogP contribution in [-0.2, 0) is 20.9 Å². The molecule has 3 fully saturated rings. The highest BCUT2D eigenvalue weighted by molar-refractivity contribution is 5.99. The third-order valence-electron chi connectivity index (χ3n) is 15.5. The fourth-order valence-electron chi connectivity index (χ4n) is 11.1. The smallest absolute Gasteiger partial charge is 0.254 e. The lowest BCUT2D eigenvalue weighted by molar-refractivity contribution is -0.133. The third-order valence-corrected chi connectivity index (χ3v) is 15.5. The van der Waals surface area contributed by atoms with Gasteiger partial charge in [-0.1, -0.05) is 12.1 Å². The maximum atomic E-state index is 14.9. The molecule has 17 nitrogen and oxygen atoms in total. The summed E-state index contributed by atoms with van der Waals surface area (Å²) < 4.78 is 36.7. The quantitative estimate of drug-likeness (QED) is 0.105. The van der Waals surface area contributed by atoms with Gasteiger partial charge in [-0.05, 0) is 125 Å². The van der Waals surface area contributed by atoms with Crippen molar-refractivity contribution in [3.63, 3.8) is 0 Å². The van der Waals surface area contributed by atoms with Crippen LogP contribution < -0.4 is 20.3 Å². The molecule has 74 heavy (non-hydrogen) atoms. The third kappa shape index (κ3) is 11.3. The van der Waals surface area contributed by atoms with E-state index in [1.807, 2.05) is 60.9 Å². The van der Waals surface area contributed by atoms with Gasteiger partial charge in [-0.15, -0.1) is 0 Å².